The lowest BCUT2D eigenvalue weighted by atomic mass is 10.1. The van der Waals surface area contributed by atoms with Crippen molar-refractivity contribution in [3.63, 3.8) is 0 Å². The topological polar surface area (TPSA) is 46.2 Å². The van der Waals surface area contributed by atoms with Crippen molar-refractivity contribution in [1.82, 2.24) is 0 Å². The highest BCUT2D eigenvalue weighted by atomic mass is 79.9. The maximum absolute atomic E-state index is 12.6. The first-order chi connectivity index (χ1) is 9.72. The summed E-state index contributed by atoms with van der Waals surface area (Å²) in [6, 6.07) is 8.51. The molecule has 2 rings (SSSR count). The van der Waals surface area contributed by atoms with Crippen LogP contribution in [0.25, 0.3) is 0 Å². The van der Waals surface area contributed by atoms with Crippen LogP contribution in [0.1, 0.15) is 11.1 Å². The predicted octanol–water partition coefficient (Wildman–Crippen LogP) is 5.17. The highest BCUT2D eigenvalue weighted by Gasteiger charge is 2.23. The molecule has 0 spiro atoms. The van der Waals surface area contributed by atoms with Gasteiger partial charge >= 0.3 is 0 Å². The second kappa shape index (κ2) is 6.16. The summed E-state index contributed by atoms with van der Waals surface area (Å²) in [4.78, 5) is -0.128. The quantitative estimate of drug-likeness (QED) is 0.760. The Bertz CT molecular complexity index is 763. The van der Waals surface area contributed by atoms with E-state index >= 15 is 0 Å². The van der Waals surface area contributed by atoms with Crippen LogP contribution in [-0.2, 0) is 10.0 Å². The van der Waals surface area contributed by atoms with Crippen molar-refractivity contribution in [1.29, 1.82) is 0 Å². The van der Waals surface area contributed by atoms with E-state index in [-0.39, 0.29) is 14.9 Å². The minimum Gasteiger partial charge on any atom is -0.279 e. The number of aryl methyl sites for hydroxylation is 2. The lowest BCUT2D eigenvalue weighted by Gasteiger charge is -2.15. The van der Waals surface area contributed by atoms with Crippen molar-refractivity contribution >= 4 is 54.8 Å². The van der Waals surface area contributed by atoms with E-state index in [1.54, 1.807) is 0 Å². The van der Waals surface area contributed by atoms with Crippen LogP contribution in [0.4, 0.5) is 5.69 Å². The van der Waals surface area contributed by atoms with Crippen molar-refractivity contribution in [2.45, 2.75) is 18.7 Å². The van der Waals surface area contributed by atoms with Crippen LogP contribution in [0.3, 0.4) is 0 Å². The third kappa shape index (κ3) is 3.54. The Kier molecular flexibility index (Phi) is 4.88. The van der Waals surface area contributed by atoms with Gasteiger partial charge in [-0.3, -0.25) is 4.72 Å². The van der Waals surface area contributed by atoms with Gasteiger partial charge in [-0.05, 0) is 37.1 Å². The van der Waals surface area contributed by atoms with Gasteiger partial charge in [-0.2, -0.15) is 0 Å². The molecule has 0 unspecified atom stereocenters. The van der Waals surface area contributed by atoms with Crippen LogP contribution >= 0.6 is 39.1 Å². The molecule has 0 amide bonds. The Balaban J connectivity index is 2.54. The Morgan fingerprint density at radius 2 is 1.52 bits per heavy atom. The molecule has 0 bridgehead atoms. The van der Waals surface area contributed by atoms with E-state index in [4.69, 9.17) is 23.2 Å². The summed E-state index contributed by atoms with van der Waals surface area (Å²) in [5.41, 5.74) is 2.18. The number of sulfonamides is 1. The summed E-state index contributed by atoms with van der Waals surface area (Å²) >= 11 is 15.3. The van der Waals surface area contributed by atoms with E-state index in [9.17, 15) is 8.42 Å². The third-order valence-electron chi connectivity index (χ3n) is 2.95. The number of halogens is 3. The average molecular weight is 409 g/mol. The van der Waals surface area contributed by atoms with E-state index < -0.39 is 10.0 Å². The van der Waals surface area contributed by atoms with Crippen LogP contribution in [0.2, 0.25) is 10.0 Å². The minimum atomic E-state index is -3.87. The fourth-order valence-electron chi connectivity index (χ4n) is 1.95. The standard InChI is InChI=1S/C14H12BrCl2NO2S/c1-8-4-3-5-9(2)13(8)18-21(19,20)14-11(16)6-10(15)7-12(14)17/h3-7,18H,1-2H3. The monoisotopic (exact) mass is 407 g/mol. The maximum Gasteiger partial charge on any atom is 0.264 e. The van der Waals surface area contributed by atoms with Crippen molar-refractivity contribution in [3.8, 4) is 0 Å². The zero-order valence-corrected chi connectivity index (χ0v) is 15.2. The van der Waals surface area contributed by atoms with Gasteiger partial charge in [0.25, 0.3) is 10.0 Å². The second-order valence-corrected chi connectivity index (χ2v) is 7.92. The van der Waals surface area contributed by atoms with Gasteiger partial charge in [0.15, 0.2) is 0 Å². The minimum absolute atomic E-state index is 0.0631. The zero-order chi connectivity index (χ0) is 15.8. The Morgan fingerprint density at radius 1 is 1.05 bits per heavy atom. The van der Waals surface area contributed by atoms with Gasteiger partial charge in [-0.25, -0.2) is 8.42 Å². The summed E-state index contributed by atoms with van der Waals surface area (Å²) in [6.45, 7) is 3.66. The number of benzene rings is 2. The molecular weight excluding hydrogens is 397 g/mol. The highest BCUT2D eigenvalue weighted by molar-refractivity contribution is 9.10. The molecule has 2 aromatic carbocycles. The van der Waals surface area contributed by atoms with Gasteiger partial charge in [-0.1, -0.05) is 57.3 Å². The summed E-state index contributed by atoms with van der Waals surface area (Å²) in [5, 5.41) is 0.126. The molecule has 0 aliphatic rings. The number of anilines is 1. The van der Waals surface area contributed by atoms with Gasteiger partial charge in [0.1, 0.15) is 4.90 Å². The molecule has 0 heterocycles. The van der Waals surface area contributed by atoms with E-state index in [0.29, 0.717) is 10.2 Å². The van der Waals surface area contributed by atoms with Crippen LogP contribution in [0, 0.1) is 13.8 Å². The molecule has 3 nitrogen and oxygen atoms in total. The summed E-state index contributed by atoms with van der Waals surface area (Å²) < 4.78 is 28.3. The maximum atomic E-state index is 12.6. The molecule has 0 radical (unpaired) electrons. The molecule has 0 fully saturated rings. The van der Waals surface area contributed by atoms with Crippen molar-refractivity contribution in [2.75, 3.05) is 4.72 Å². The first-order valence-corrected chi connectivity index (χ1v) is 8.99. The van der Waals surface area contributed by atoms with Gasteiger partial charge < -0.3 is 0 Å². The number of nitrogens with one attached hydrogen (secondary N) is 1. The van der Waals surface area contributed by atoms with Crippen molar-refractivity contribution < 1.29 is 8.42 Å². The molecule has 0 aliphatic carbocycles. The molecule has 0 aliphatic heterocycles. The predicted molar refractivity (Wildman–Crippen MR) is 90.9 cm³/mol. The zero-order valence-electron chi connectivity index (χ0n) is 11.2. The van der Waals surface area contributed by atoms with Crippen LogP contribution < -0.4 is 4.72 Å². The summed E-state index contributed by atoms with van der Waals surface area (Å²) in [7, 11) is -3.87. The highest BCUT2D eigenvalue weighted by Crippen LogP contribution is 2.34. The summed E-state index contributed by atoms with van der Waals surface area (Å²) in [6.07, 6.45) is 0. The molecule has 1 N–H and O–H groups in total. The Labute approximate surface area is 142 Å². The van der Waals surface area contributed by atoms with E-state index in [0.717, 1.165) is 11.1 Å². The van der Waals surface area contributed by atoms with Gasteiger partial charge in [-0.15, -0.1) is 0 Å². The molecule has 0 saturated heterocycles. The third-order valence-corrected chi connectivity index (χ3v) is 5.68. The summed E-state index contributed by atoms with van der Waals surface area (Å²) in [5.74, 6) is 0. The van der Waals surface area contributed by atoms with Crippen LogP contribution in [0.5, 0.6) is 0 Å². The SMILES string of the molecule is Cc1cccc(C)c1NS(=O)(=O)c1c(Cl)cc(Br)cc1Cl. The lowest BCUT2D eigenvalue weighted by Crippen LogP contribution is -2.15. The first-order valence-electron chi connectivity index (χ1n) is 5.96. The van der Waals surface area contributed by atoms with Gasteiger partial charge in [0.05, 0.1) is 15.7 Å². The van der Waals surface area contributed by atoms with E-state index in [2.05, 4.69) is 20.7 Å². The van der Waals surface area contributed by atoms with Crippen LogP contribution in [-0.4, -0.2) is 8.42 Å². The Morgan fingerprint density at radius 3 is 2.00 bits per heavy atom. The smallest absolute Gasteiger partial charge is 0.264 e. The van der Waals surface area contributed by atoms with Crippen molar-refractivity contribution in [3.05, 3.63) is 56.0 Å². The van der Waals surface area contributed by atoms with E-state index in [1.807, 2.05) is 32.0 Å². The molecule has 2 aromatic rings. The van der Waals surface area contributed by atoms with Crippen molar-refractivity contribution in [2.24, 2.45) is 0 Å². The number of rotatable bonds is 3. The Hall–Kier alpha value is -0.750. The van der Waals surface area contributed by atoms with Gasteiger partial charge in [0.2, 0.25) is 0 Å². The van der Waals surface area contributed by atoms with Crippen LogP contribution in [0.15, 0.2) is 39.7 Å². The first kappa shape index (κ1) is 16.6. The average Bonchev–Trinajstić information content (AvgIpc) is 2.32. The number of hydrogen-bond acceptors (Lipinski definition) is 2. The molecule has 112 valence electrons. The molecule has 21 heavy (non-hydrogen) atoms. The second-order valence-electron chi connectivity index (χ2n) is 4.57. The lowest BCUT2D eigenvalue weighted by molar-refractivity contribution is 0.601. The fraction of sp³-hybridized carbons (Fsp3) is 0.143. The molecule has 7 heteroatoms. The van der Waals surface area contributed by atoms with Gasteiger partial charge in [0, 0.05) is 4.47 Å². The van der Waals surface area contributed by atoms with E-state index in [1.165, 1.54) is 12.1 Å². The molecular formula is C14H12BrCl2NO2S. The number of para-hydroxylation sites is 1. The fourth-order valence-corrected chi connectivity index (χ4v) is 5.09. The molecule has 0 aromatic heterocycles. The number of hydrogen-bond donors (Lipinski definition) is 1. The normalized spacial score (nSPS) is 11.5. The molecule has 0 saturated carbocycles. The largest absolute Gasteiger partial charge is 0.279 e. The molecule has 0 atom stereocenters.